The van der Waals surface area contributed by atoms with Gasteiger partial charge in [0.2, 0.25) is 0 Å². The molecule has 0 radical (unpaired) electrons. The fourth-order valence-corrected chi connectivity index (χ4v) is 6.96. The van der Waals surface area contributed by atoms with E-state index in [-0.39, 0.29) is 17.3 Å². The van der Waals surface area contributed by atoms with E-state index < -0.39 is 11.9 Å². The first-order chi connectivity index (χ1) is 20.5. The minimum absolute atomic E-state index is 0.0717. The predicted molar refractivity (Wildman–Crippen MR) is 162 cm³/mol. The molecular weight excluding hydrogens is 546 g/mol. The van der Waals surface area contributed by atoms with E-state index in [1.807, 2.05) is 73.0 Å². The number of allylic oxidation sites excluding steroid dienone is 2. The molecule has 0 amide bonds. The summed E-state index contributed by atoms with van der Waals surface area (Å²) in [6.45, 7) is 1.91. The Morgan fingerprint density at radius 3 is 2.55 bits per heavy atom. The van der Waals surface area contributed by atoms with Crippen LogP contribution in [0.3, 0.4) is 0 Å². The van der Waals surface area contributed by atoms with Crippen LogP contribution in [0.5, 0.6) is 11.5 Å². The van der Waals surface area contributed by atoms with Crippen molar-refractivity contribution in [3.05, 3.63) is 135 Å². The van der Waals surface area contributed by atoms with Crippen molar-refractivity contribution in [3.63, 3.8) is 0 Å². The molecule has 2 atom stereocenters. The molecule has 208 valence electrons. The summed E-state index contributed by atoms with van der Waals surface area (Å²) in [5, 5.41) is 20.4. The number of carbonyl (C=O) groups is 2. The lowest BCUT2D eigenvalue weighted by Crippen LogP contribution is -2.30. The van der Waals surface area contributed by atoms with Crippen LogP contribution in [0, 0.1) is 6.92 Å². The van der Waals surface area contributed by atoms with Crippen molar-refractivity contribution in [3.8, 4) is 17.2 Å². The molecule has 3 heterocycles. The lowest BCUT2D eigenvalue weighted by Gasteiger charge is -2.35. The van der Waals surface area contributed by atoms with Gasteiger partial charge in [-0.15, -0.1) is 11.3 Å². The van der Waals surface area contributed by atoms with Gasteiger partial charge in [-0.2, -0.15) is 5.10 Å². The number of nitrogens with one attached hydrogen (secondary N) is 1. The van der Waals surface area contributed by atoms with Crippen molar-refractivity contribution in [1.82, 2.24) is 9.78 Å². The number of para-hydroxylation sites is 2. The number of hydrogen-bond acceptors (Lipinski definition) is 6. The fraction of sp³-hybridized carbons (Fsp3) is 0.147. The van der Waals surface area contributed by atoms with Crippen LogP contribution < -0.4 is 10.1 Å². The molecule has 7 nitrogen and oxygen atoms in total. The summed E-state index contributed by atoms with van der Waals surface area (Å²) >= 11 is 1.66. The number of hydrogen-bond donors (Lipinski definition) is 2. The Hall–Kier alpha value is -4.95. The van der Waals surface area contributed by atoms with E-state index in [2.05, 4.69) is 11.4 Å². The van der Waals surface area contributed by atoms with E-state index in [1.54, 1.807) is 40.3 Å². The molecule has 0 saturated heterocycles. The SMILES string of the molecule is Cc1nn(-c2ccccc2C(=O)O)c2c1[C@H](c1cccc(Oc3ccccc3)c1)C1=C(C[C@@H](c3cccs3)CC1=O)N2. The number of carboxylic acids is 1. The number of aromatic nitrogens is 2. The molecule has 1 aliphatic heterocycles. The maximum atomic E-state index is 14.0. The summed E-state index contributed by atoms with van der Waals surface area (Å²) in [5.41, 5.74) is 4.69. The van der Waals surface area contributed by atoms with Crippen molar-refractivity contribution < 1.29 is 19.4 Å². The van der Waals surface area contributed by atoms with Crippen LogP contribution in [0.1, 0.15) is 56.7 Å². The van der Waals surface area contributed by atoms with Crippen molar-refractivity contribution in [1.29, 1.82) is 0 Å². The Labute approximate surface area is 246 Å². The molecule has 2 N–H and O–H groups in total. The number of ketones is 1. The van der Waals surface area contributed by atoms with E-state index in [4.69, 9.17) is 9.84 Å². The van der Waals surface area contributed by atoms with Crippen molar-refractivity contribution in [2.24, 2.45) is 0 Å². The molecule has 42 heavy (non-hydrogen) atoms. The number of benzene rings is 3. The highest BCUT2D eigenvalue weighted by molar-refractivity contribution is 7.10. The number of Topliss-reactive ketones (excluding diaryl/α,β-unsaturated/α-hetero) is 1. The average molecular weight is 574 g/mol. The Balaban J connectivity index is 1.40. The van der Waals surface area contributed by atoms with E-state index in [0.29, 0.717) is 30.1 Å². The molecule has 0 spiro atoms. The Kier molecular flexibility index (Phi) is 6.47. The summed E-state index contributed by atoms with van der Waals surface area (Å²) in [4.78, 5) is 27.3. The zero-order valence-corrected chi connectivity index (χ0v) is 23.6. The van der Waals surface area contributed by atoms with Gasteiger partial charge in [-0.25, -0.2) is 9.48 Å². The van der Waals surface area contributed by atoms with Gasteiger partial charge in [0.15, 0.2) is 5.78 Å². The van der Waals surface area contributed by atoms with E-state index in [0.717, 1.165) is 33.8 Å². The number of anilines is 1. The number of nitrogens with zero attached hydrogens (tertiary/aromatic N) is 2. The fourth-order valence-electron chi connectivity index (χ4n) is 6.13. The van der Waals surface area contributed by atoms with Gasteiger partial charge in [0.25, 0.3) is 0 Å². The highest BCUT2D eigenvalue weighted by Gasteiger charge is 2.41. The molecule has 5 aromatic rings. The second kappa shape index (κ2) is 10.5. The summed E-state index contributed by atoms with van der Waals surface area (Å²) in [6, 6.07) is 28.4. The zero-order valence-electron chi connectivity index (χ0n) is 22.8. The van der Waals surface area contributed by atoms with Crippen LogP contribution in [-0.4, -0.2) is 26.6 Å². The highest BCUT2D eigenvalue weighted by atomic mass is 32.1. The van der Waals surface area contributed by atoms with Crippen LogP contribution >= 0.6 is 11.3 Å². The summed E-state index contributed by atoms with van der Waals surface area (Å²) in [5.74, 6) is 0.824. The number of rotatable bonds is 6. The summed E-state index contributed by atoms with van der Waals surface area (Å²) in [6.07, 6.45) is 1.10. The molecular formula is C34H27N3O4S. The molecule has 0 unspecified atom stereocenters. The summed E-state index contributed by atoms with van der Waals surface area (Å²) < 4.78 is 7.85. The number of ether oxygens (including phenoxy) is 1. The molecule has 7 rings (SSSR count). The Morgan fingerprint density at radius 2 is 1.76 bits per heavy atom. The third-order valence-corrected chi connectivity index (χ3v) is 8.97. The number of aryl methyl sites for hydroxylation is 1. The van der Waals surface area contributed by atoms with Crippen molar-refractivity contribution >= 4 is 28.9 Å². The van der Waals surface area contributed by atoms with E-state index in [1.165, 1.54) is 4.88 Å². The van der Waals surface area contributed by atoms with E-state index >= 15 is 0 Å². The summed E-state index contributed by atoms with van der Waals surface area (Å²) in [7, 11) is 0. The van der Waals surface area contributed by atoms with Crippen LogP contribution in [0.15, 0.2) is 108 Å². The number of thiophene rings is 1. The number of carboxylic acid groups (broad SMARTS) is 1. The highest BCUT2D eigenvalue weighted by Crippen LogP contribution is 2.50. The number of aromatic carboxylic acids is 1. The molecule has 0 saturated carbocycles. The maximum absolute atomic E-state index is 14.0. The first kappa shape index (κ1) is 26.0. The van der Waals surface area contributed by atoms with Gasteiger partial charge in [0.1, 0.15) is 17.3 Å². The smallest absolute Gasteiger partial charge is 0.337 e. The lowest BCUT2D eigenvalue weighted by atomic mass is 9.73. The number of fused-ring (bicyclic) bond motifs is 1. The Bertz CT molecular complexity index is 1860. The van der Waals surface area contributed by atoms with Crippen LogP contribution in [0.2, 0.25) is 0 Å². The normalized spacial score (nSPS) is 17.8. The average Bonchev–Trinajstić information content (AvgIpc) is 3.65. The molecule has 3 aromatic carbocycles. The second-order valence-corrected chi connectivity index (χ2v) is 11.5. The predicted octanol–water partition coefficient (Wildman–Crippen LogP) is 7.69. The van der Waals surface area contributed by atoms with Gasteiger partial charge in [-0.1, -0.05) is 48.5 Å². The Morgan fingerprint density at radius 1 is 0.976 bits per heavy atom. The van der Waals surface area contributed by atoms with Gasteiger partial charge in [-0.05, 0) is 66.8 Å². The van der Waals surface area contributed by atoms with Gasteiger partial charge < -0.3 is 15.2 Å². The first-order valence-electron chi connectivity index (χ1n) is 13.8. The third-order valence-electron chi connectivity index (χ3n) is 7.94. The minimum Gasteiger partial charge on any atom is -0.478 e. The quantitative estimate of drug-likeness (QED) is 0.216. The van der Waals surface area contributed by atoms with Crippen LogP contribution in [0.4, 0.5) is 5.82 Å². The topological polar surface area (TPSA) is 93.5 Å². The van der Waals surface area contributed by atoms with E-state index in [9.17, 15) is 14.7 Å². The molecule has 2 aliphatic rings. The maximum Gasteiger partial charge on any atom is 0.337 e. The zero-order chi connectivity index (χ0) is 28.8. The molecule has 0 fully saturated rings. The largest absolute Gasteiger partial charge is 0.478 e. The van der Waals surface area contributed by atoms with Gasteiger partial charge in [-0.3, -0.25) is 4.79 Å². The standard InChI is InChI=1S/C34H27N3O4S/c1-20-30-31(21-9-7-12-24(17-21)41-23-10-3-2-4-11-23)32-26(18-22(19-28(32)38)29-15-8-16-42-29)35-33(30)37(36-20)27-14-6-5-13-25(27)34(39)40/h2-17,22,31,35H,18-19H2,1H3,(H,39,40)/t22-,31+/m1/s1. The number of carbonyl (C=O) groups excluding carboxylic acids is 1. The first-order valence-corrected chi connectivity index (χ1v) is 14.7. The molecule has 1 aliphatic carbocycles. The van der Waals surface area contributed by atoms with Gasteiger partial charge >= 0.3 is 5.97 Å². The monoisotopic (exact) mass is 573 g/mol. The van der Waals surface area contributed by atoms with Crippen LogP contribution in [-0.2, 0) is 4.79 Å². The van der Waals surface area contributed by atoms with Crippen LogP contribution in [0.25, 0.3) is 5.69 Å². The molecule has 0 bridgehead atoms. The van der Waals surface area contributed by atoms with Gasteiger partial charge in [0, 0.05) is 40.0 Å². The minimum atomic E-state index is -1.03. The molecule has 2 aromatic heterocycles. The van der Waals surface area contributed by atoms with Crippen molar-refractivity contribution in [2.75, 3.05) is 5.32 Å². The third kappa shape index (κ3) is 4.50. The van der Waals surface area contributed by atoms with Gasteiger partial charge in [0.05, 0.1) is 16.9 Å². The van der Waals surface area contributed by atoms with Crippen molar-refractivity contribution in [2.45, 2.75) is 31.6 Å². The second-order valence-electron chi connectivity index (χ2n) is 10.6. The lowest BCUT2D eigenvalue weighted by molar-refractivity contribution is -0.116. The molecule has 8 heteroatoms.